The highest BCUT2D eigenvalue weighted by Crippen LogP contribution is 2.16. The van der Waals surface area contributed by atoms with Crippen molar-refractivity contribution in [3.63, 3.8) is 0 Å². The third-order valence-corrected chi connectivity index (χ3v) is 3.74. The maximum Gasteiger partial charge on any atom is 0.269 e. The van der Waals surface area contributed by atoms with Gasteiger partial charge in [0.1, 0.15) is 0 Å². The van der Waals surface area contributed by atoms with Crippen LogP contribution in [0.2, 0.25) is 0 Å². The minimum atomic E-state index is -0.431. The molecule has 142 valence electrons. The lowest BCUT2D eigenvalue weighted by Crippen LogP contribution is -2.52. The smallest absolute Gasteiger partial charge is 0.269 e. The largest absolute Gasteiger partial charge is 0.385 e. The van der Waals surface area contributed by atoms with Crippen molar-refractivity contribution in [1.29, 1.82) is 0 Å². The molecule has 1 aromatic carbocycles. The van der Waals surface area contributed by atoms with E-state index in [4.69, 9.17) is 5.73 Å². The molecule has 0 fully saturated rings. The minimum Gasteiger partial charge on any atom is -0.385 e. The number of carbonyl (C=O) groups is 1. The SMILES string of the molecule is CC(C)CC(C)(CN)NC(=O)CCCNc1ccc([N+](=O)[O-])cc1.Cl. The molecule has 8 heteroatoms. The number of carbonyl (C=O) groups excluding carboxylic acids is 1. The number of nitro groups is 1. The summed E-state index contributed by atoms with van der Waals surface area (Å²) in [6, 6.07) is 6.22. The first-order chi connectivity index (χ1) is 11.3. The molecule has 0 bridgehead atoms. The topological polar surface area (TPSA) is 110 Å². The highest BCUT2D eigenvalue weighted by Gasteiger charge is 2.25. The van der Waals surface area contributed by atoms with E-state index in [2.05, 4.69) is 24.5 Å². The highest BCUT2D eigenvalue weighted by molar-refractivity contribution is 5.85. The van der Waals surface area contributed by atoms with Gasteiger partial charge in [-0.15, -0.1) is 12.4 Å². The van der Waals surface area contributed by atoms with Crippen molar-refractivity contribution in [1.82, 2.24) is 5.32 Å². The zero-order valence-corrected chi connectivity index (χ0v) is 15.9. The van der Waals surface area contributed by atoms with Crippen molar-refractivity contribution in [3.8, 4) is 0 Å². The average Bonchev–Trinajstić information content (AvgIpc) is 2.51. The molecule has 7 nitrogen and oxygen atoms in total. The molecule has 4 N–H and O–H groups in total. The van der Waals surface area contributed by atoms with Gasteiger partial charge in [0.15, 0.2) is 0 Å². The van der Waals surface area contributed by atoms with E-state index in [0.29, 0.717) is 31.8 Å². The molecule has 1 atom stereocenters. The molecule has 0 aliphatic carbocycles. The van der Waals surface area contributed by atoms with Gasteiger partial charge >= 0.3 is 0 Å². The van der Waals surface area contributed by atoms with E-state index in [-0.39, 0.29) is 29.5 Å². The summed E-state index contributed by atoms with van der Waals surface area (Å²) >= 11 is 0. The molecule has 1 amide bonds. The highest BCUT2D eigenvalue weighted by atomic mass is 35.5. The fraction of sp³-hybridized carbons (Fsp3) is 0.588. The fourth-order valence-electron chi connectivity index (χ4n) is 2.67. The normalized spacial score (nSPS) is 12.8. The predicted molar refractivity (Wildman–Crippen MR) is 103 cm³/mol. The molecule has 0 saturated carbocycles. The molecular weight excluding hydrogens is 344 g/mol. The van der Waals surface area contributed by atoms with Gasteiger partial charge in [0.05, 0.1) is 4.92 Å². The Hall–Kier alpha value is -1.86. The second kappa shape index (κ2) is 10.9. The van der Waals surface area contributed by atoms with E-state index in [1.54, 1.807) is 12.1 Å². The Balaban J connectivity index is 0.00000576. The number of halogens is 1. The summed E-state index contributed by atoms with van der Waals surface area (Å²) in [5.41, 5.74) is 6.29. The van der Waals surface area contributed by atoms with Gasteiger partial charge in [-0.05, 0) is 37.8 Å². The van der Waals surface area contributed by atoms with Crippen LogP contribution in [0.5, 0.6) is 0 Å². The van der Waals surface area contributed by atoms with Gasteiger partial charge in [-0.3, -0.25) is 14.9 Å². The lowest BCUT2D eigenvalue weighted by Gasteiger charge is -2.31. The molecule has 1 aromatic rings. The summed E-state index contributed by atoms with van der Waals surface area (Å²) in [5.74, 6) is 0.455. The summed E-state index contributed by atoms with van der Waals surface area (Å²) < 4.78 is 0. The number of amides is 1. The Morgan fingerprint density at radius 3 is 2.40 bits per heavy atom. The number of hydrogen-bond donors (Lipinski definition) is 3. The van der Waals surface area contributed by atoms with Crippen LogP contribution >= 0.6 is 12.4 Å². The van der Waals surface area contributed by atoms with E-state index in [0.717, 1.165) is 12.1 Å². The number of rotatable bonds is 10. The maximum atomic E-state index is 12.1. The first-order valence-electron chi connectivity index (χ1n) is 8.25. The Morgan fingerprint density at radius 1 is 1.32 bits per heavy atom. The number of nitrogens with one attached hydrogen (secondary N) is 2. The van der Waals surface area contributed by atoms with E-state index in [1.165, 1.54) is 12.1 Å². The van der Waals surface area contributed by atoms with E-state index in [1.807, 2.05) is 6.92 Å². The number of hydrogen-bond acceptors (Lipinski definition) is 5. The van der Waals surface area contributed by atoms with Gasteiger partial charge in [0.25, 0.3) is 5.69 Å². The Kier molecular flexibility index (Phi) is 10.1. The molecule has 0 aliphatic heterocycles. The number of nitrogens with zero attached hydrogens (tertiary/aromatic N) is 1. The van der Waals surface area contributed by atoms with Crippen molar-refractivity contribution < 1.29 is 9.72 Å². The fourth-order valence-corrected chi connectivity index (χ4v) is 2.67. The number of anilines is 1. The molecule has 0 aliphatic rings. The van der Waals surface area contributed by atoms with Crippen LogP contribution in [-0.2, 0) is 4.79 Å². The summed E-state index contributed by atoms with van der Waals surface area (Å²) in [5, 5.41) is 16.8. The maximum absolute atomic E-state index is 12.1. The summed E-state index contributed by atoms with van der Waals surface area (Å²) in [7, 11) is 0. The van der Waals surface area contributed by atoms with Crippen LogP contribution in [0.25, 0.3) is 0 Å². The molecule has 25 heavy (non-hydrogen) atoms. The van der Waals surface area contributed by atoms with Gasteiger partial charge < -0.3 is 16.4 Å². The average molecular weight is 373 g/mol. The third-order valence-electron chi connectivity index (χ3n) is 3.74. The van der Waals surface area contributed by atoms with Gasteiger partial charge in [-0.1, -0.05) is 13.8 Å². The zero-order chi connectivity index (χ0) is 18.2. The number of non-ortho nitro benzene ring substituents is 1. The summed E-state index contributed by atoms with van der Waals surface area (Å²) in [6.45, 7) is 7.22. The van der Waals surface area contributed by atoms with Crippen LogP contribution < -0.4 is 16.4 Å². The molecule has 0 aromatic heterocycles. The Morgan fingerprint density at radius 2 is 1.92 bits per heavy atom. The van der Waals surface area contributed by atoms with Gasteiger partial charge in [-0.25, -0.2) is 0 Å². The van der Waals surface area contributed by atoms with Crippen molar-refractivity contribution in [3.05, 3.63) is 34.4 Å². The first-order valence-corrected chi connectivity index (χ1v) is 8.25. The van der Waals surface area contributed by atoms with Crippen molar-refractivity contribution in [2.75, 3.05) is 18.4 Å². The van der Waals surface area contributed by atoms with Gasteiger partial charge in [0.2, 0.25) is 5.91 Å². The number of nitrogens with two attached hydrogens (primary N) is 1. The predicted octanol–water partition coefficient (Wildman–Crippen LogP) is 3.09. The minimum absolute atomic E-state index is 0. The van der Waals surface area contributed by atoms with E-state index < -0.39 is 4.92 Å². The Bertz CT molecular complexity index is 551. The molecular formula is C17H29ClN4O3. The van der Waals surface area contributed by atoms with E-state index in [9.17, 15) is 14.9 Å². The number of nitro benzene ring substituents is 1. The lowest BCUT2D eigenvalue weighted by molar-refractivity contribution is -0.384. The monoisotopic (exact) mass is 372 g/mol. The molecule has 0 spiro atoms. The van der Waals surface area contributed by atoms with Crippen molar-refractivity contribution in [2.24, 2.45) is 11.7 Å². The van der Waals surface area contributed by atoms with Crippen LogP contribution in [0.4, 0.5) is 11.4 Å². The summed E-state index contributed by atoms with van der Waals surface area (Å²) in [6.07, 6.45) is 1.93. The molecule has 0 saturated heterocycles. The van der Waals surface area contributed by atoms with Crippen molar-refractivity contribution >= 4 is 29.7 Å². The van der Waals surface area contributed by atoms with Crippen LogP contribution in [0, 0.1) is 16.0 Å². The van der Waals surface area contributed by atoms with Crippen LogP contribution in [0.15, 0.2) is 24.3 Å². The van der Waals surface area contributed by atoms with Crippen molar-refractivity contribution in [2.45, 2.75) is 45.6 Å². The third kappa shape index (κ3) is 8.69. The molecule has 0 heterocycles. The lowest BCUT2D eigenvalue weighted by atomic mass is 9.90. The van der Waals surface area contributed by atoms with Gasteiger partial charge in [-0.2, -0.15) is 0 Å². The van der Waals surface area contributed by atoms with Crippen LogP contribution in [0.1, 0.15) is 40.0 Å². The second-order valence-electron chi connectivity index (χ2n) is 6.75. The zero-order valence-electron chi connectivity index (χ0n) is 15.1. The first kappa shape index (κ1) is 23.1. The number of benzene rings is 1. The molecule has 0 radical (unpaired) electrons. The molecule has 1 unspecified atom stereocenters. The second-order valence-corrected chi connectivity index (χ2v) is 6.75. The quantitative estimate of drug-likeness (QED) is 0.332. The van der Waals surface area contributed by atoms with Crippen LogP contribution in [0.3, 0.4) is 0 Å². The molecule has 1 rings (SSSR count). The van der Waals surface area contributed by atoms with Gasteiger partial charge in [0, 0.05) is 42.9 Å². The Labute approximate surface area is 155 Å². The van der Waals surface area contributed by atoms with Crippen LogP contribution in [-0.4, -0.2) is 29.5 Å². The standard InChI is InChI=1S/C17H28N4O3.ClH/c1-13(2)11-17(3,12-18)20-16(22)5-4-10-19-14-6-8-15(9-7-14)21(23)24;/h6-9,13,19H,4-5,10-12,18H2,1-3H3,(H,20,22);1H. The summed E-state index contributed by atoms with van der Waals surface area (Å²) in [4.78, 5) is 22.2. The van der Waals surface area contributed by atoms with E-state index >= 15 is 0 Å².